The minimum Gasteiger partial charge on any atom is -0.467 e. The number of hydrogen-bond acceptors (Lipinski definition) is 11. The van der Waals surface area contributed by atoms with Crippen LogP contribution in [0.15, 0.2) is 10.5 Å². The lowest BCUT2D eigenvalue weighted by atomic mass is 9.98. The van der Waals surface area contributed by atoms with E-state index in [0.717, 1.165) is 25.6 Å². The van der Waals surface area contributed by atoms with Crippen LogP contribution in [0.25, 0.3) is 0 Å². The molecular formula is C11H13N5O8S2. The lowest BCUT2D eigenvalue weighted by Gasteiger charge is -2.41. The summed E-state index contributed by atoms with van der Waals surface area (Å²) in [7, 11) is -2.91. The van der Waals surface area contributed by atoms with E-state index in [-0.39, 0.29) is 20.8 Å². The number of thiazole rings is 1. The first-order valence-electron chi connectivity index (χ1n) is 6.63. The van der Waals surface area contributed by atoms with Gasteiger partial charge in [0.1, 0.15) is 18.8 Å². The number of esters is 1. The number of nitrogens with zero attached hydrogens (tertiary/aromatic N) is 3. The number of nitrogens with two attached hydrogens (primary N) is 1. The Morgan fingerprint density at radius 3 is 2.58 bits per heavy atom. The number of nitrogen functional groups attached to an aromatic ring is 1. The van der Waals surface area contributed by atoms with Crippen LogP contribution in [0.5, 0.6) is 0 Å². The molecule has 2 unspecified atom stereocenters. The number of carbonyl (C=O) groups excluding carboxylic acids is 3. The number of aromatic nitrogens is 1. The summed E-state index contributed by atoms with van der Waals surface area (Å²) in [5.41, 5.74) is 5.17. The number of rotatable bonds is 6. The molecule has 2 amide bonds. The van der Waals surface area contributed by atoms with Crippen LogP contribution in [-0.4, -0.2) is 72.1 Å². The highest BCUT2D eigenvalue weighted by Gasteiger charge is 2.58. The number of methoxy groups -OCH3 is 1. The van der Waals surface area contributed by atoms with Crippen molar-refractivity contribution in [2.75, 3.05) is 20.0 Å². The highest BCUT2D eigenvalue weighted by molar-refractivity contribution is 7.84. The summed E-state index contributed by atoms with van der Waals surface area (Å²) >= 11 is 1.02. The summed E-state index contributed by atoms with van der Waals surface area (Å²) in [6.45, 7) is 0. The molecule has 2 atom stereocenters. The second kappa shape index (κ2) is 7.22. The zero-order valence-electron chi connectivity index (χ0n) is 13.3. The third-order valence-corrected chi connectivity index (χ3v) is 4.77. The number of nitrogens with one attached hydrogen (secondary N) is 1. The van der Waals surface area contributed by atoms with Gasteiger partial charge in [-0.15, -0.1) is 11.3 Å². The lowest BCUT2D eigenvalue weighted by molar-refractivity contribution is -0.162. The number of amides is 2. The predicted molar refractivity (Wildman–Crippen MR) is 86.2 cm³/mol. The van der Waals surface area contributed by atoms with E-state index in [0.29, 0.717) is 0 Å². The highest BCUT2D eigenvalue weighted by Crippen LogP contribution is 2.25. The van der Waals surface area contributed by atoms with Gasteiger partial charge in [-0.05, 0) is 0 Å². The maximum atomic E-state index is 12.4. The Hall–Kier alpha value is -2.78. The van der Waals surface area contributed by atoms with Crippen LogP contribution in [0.3, 0.4) is 0 Å². The number of oxime groups is 1. The zero-order valence-corrected chi connectivity index (χ0v) is 14.9. The average Bonchev–Trinajstić information content (AvgIpc) is 2.98. The van der Waals surface area contributed by atoms with Gasteiger partial charge in [-0.25, -0.2) is 9.78 Å². The molecule has 1 aliphatic rings. The Balaban J connectivity index is 2.27. The Morgan fingerprint density at radius 2 is 2.12 bits per heavy atom. The van der Waals surface area contributed by atoms with E-state index in [9.17, 15) is 22.8 Å². The molecule has 15 heteroatoms. The van der Waals surface area contributed by atoms with Crippen LogP contribution in [0.4, 0.5) is 5.13 Å². The van der Waals surface area contributed by atoms with Crippen molar-refractivity contribution in [2.24, 2.45) is 5.16 Å². The van der Waals surface area contributed by atoms with Crippen LogP contribution in [-0.2, 0) is 34.3 Å². The lowest BCUT2D eigenvalue weighted by Crippen LogP contribution is -2.74. The Labute approximate surface area is 150 Å². The van der Waals surface area contributed by atoms with Gasteiger partial charge in [-0.3, -0.25) is 14.1 Å². The van der Waals surface area contributed by atoms with Gasteiger partial charge < -0.3 is 20.6 Å². The SMILES string of the molecule is CO/N=C(/C(=O)NC1C(=O)N(S(=O)(=O)O)C1C(=O)OC)c1csc(N)n1. The van der Waals surface area contributed by atoms with Crippen LogP contribution in [0.1, 0.15) is 5.69 Å². The van der Waals surface area contributed by atoms with E-state index in [1.165, 1.54) is 5.38 Å². The molecule has 2 rings (SSSR count). The van der Waals surface area contributed by atoms with Crippen molar-refractivity contribution in [3.63, 3.8) is 0 Å². The molecule has 0 spiro atoms. The van der Waals surface area contributed by atoms with Crippen molar-refractivity contribution in [1.29, 1.82) is 0 Å². The van der Waals surface area contributed by atoms with Crippen LogP contribution in [0.2, 0.25) is 0 Å². The van der Waals surface area contributed by atoms with Gasteiger partial charge in [-0.2, -0.15) is 12.7 Å². The second-order valence-electron chi connectivity index (χ2n) is 4.72. The molecule has 26 heavy (non-hydrogen) atoms. The van der Waals surface area contributed by atoms with E-state index in [1.54, 1.807) is 0 Å². The molecule has 1 fully saturated rings. The maximum Gasteiger partial charge on any atom is 0.363 e. The number of hydrogen-bond donors (Lipinski definition) is 3. The maximum absolute atomic E-state index is 12.4. The largest absolute Gasteiger partial charge is 0.467 e. The summed E-state index contributed by atoms with van der Waals surface area (Å²) in [6.07, 6.45) is 0. The van der Waals surface area contributed by atoms with Crippen LogP contribution >= 0.6 is 11.3 Å². The third kappa shape index (κ3) is 3.58. The van der Waals surface area contributed by atoms with Gasteiger partial charge in [-0.1, -0.05) is 5.16 Å². The topological polar surface area (TPSA) is 191 Å². The molecule has 0 aliphatic carbocycles. The molecule has 142 valence electrons. The molecule has 1 aromatic rings. The monoisotopic (exact) mass is 407 g/mol. The average molecular weight is 407 g/mol. The molecule has 0 saturated carbocycles. The molecule has 2 heterocycles. The highest BCUT2D eigenvalue weighted by atomic mass is 32.2. The Morgan fingerprint density at radius 1 is 1.46 bits per heavy atom. The van der Waals surface area contributed by atoms with Gasteiger partial charge >= 0.3 is 16.3 Å². The molecule has 1 aliphatic heterocycles. The molecule has 0 aromatic carbocycles. The summed E-state index contributed by atoms with van der Waals surface area (Å²) in [4.78, 5) is 44.5. The summed E-state index contributed by atoms with van der Waals surface area (Å²) in [5, 5.41) is 7.16. The van der Waals surface area contributed by atoms with E-state index >= 15 is 0 Å². The van der Waals surface area contributed by atoms with E-state index in [2.05, 4.69) is 25.0 Å². The Kier molecular flexibility index (Phi) is 5.43. The predicted octanol–water partition coefficient (Wildman–Crippen LogP) is -2.25. The molecule has 1 aromatic heterocycles. The Bertz CT molecular complexity index is 879. The smallest absolute Gasteiger partial charge is 0.363 e. The van der Waals surface area contributed by atoms with Crippen LogP contribution < -0.4 is 11.1 Å². The van der Waals surface area contributed by atoms with Crippen LogP contribution in [0, 0.1) is 0 Å². The molecule has 13 nitrogen and oxygen atoms in total. The minimum absolute atomic E-state index is 0.0416. The van der Waals surface area contributed by atoms with Crippen molar-refractivity contribution in [2.45, 2.75) is 12.1 Å². The van der Waals surface area contributed by atoms with Crippen molar-refractivity contribution in [3.05, 3.63) is 11.1 Å². The van der Waals surface area contributed by atoms with E-state index < -0.39 is 40.2 Å². The first-order chi connectivity index (χ1) is 12.1. The second-order valence-corrected chi connectivity index (χ2v) is 6.90. The van der Waals surface area contributed by atoms with Gasteiger partial charge in [0, 0.05) is 5.38 Å². The minimum atomic E-state index is -5.02. The molecular weight excluding hydrogens is 394 g/mol. The standard InChI is InChI=1S/C11H13N5O8S2/c1-23-10(19)7-6(9(18)16(7)26(20,21)22)14-8(17)5(15-24-2)4-3-25-11(12)13-4/h3,6-7H,1-2H3,(H2,12,13)(H,14,17)(H,20,21,22)/b15-5+. The molecule has 0 bridgehead atoms. The fraction of sp³-hybridized carbons (Fsp3) is 0.364. The number of ether oxygens (including phenoxy) is 1. The number of anilines is 1. The fourth-order valence-electron chi connectivity index (χ4n) is 2.11. The van der Waals surface area contributed by atoms with Gasteiger partial charge in [0.05, 0.1) is 7.11 Å². The first kappa shape index (κ1) is 19.5. The summed E-state index contributed by atoms with van der Waals surface area (Å²) in [5.74, 6) is -3.37. The van der Waals surface area contributed by atoms with Gasteiger partial charge in [0.25, 0.3) is 11.8 Å². The van der Waals surface area contributed by atoms with Gasteiger partial charge in [0.15, 0.2) is 16.9 Å². The number of β-lactam (4-membered cyclic amide) rings is 1. The van der Waals surface area contributed by atoms with Gasteiger partial charge in [0.2, 0.25) is 0 Å². The third-order valence-electron chi connectivity index (χ3n) is 3.19. The van der Waals surface area contributed by atoms with E-state index in [4.69, 9.17) is 10.3 Å². The fourth-order valence-corrected chi connectivity index (χ4v) is 3.50. The summed E-state index contributed by atoms with van der Waals surface area (Å²) < 4.78 is 35.8. The van der Waals surface area contributed by atoms with Crippen molar-refractivity contribution >= 4 is 50.3 Å². The number of carbonyl (C=O) groups is 3. The van der Waals surface area contributed by atoms with Crippen molar-refractivity contribution in [3.8, 4) is 0 Å². The zero-order chi connectivity index (χ0) is 19.6. The molecule has 0 radical (unpaired) electrons. The molecule has 4 N–H and O–H groups in total. The first-order valence-corrected chi connectivity index (χ1v) is 8.91. The van der Waals surface area contributed by atoms with E-state index in [1.807, 2.05) is 0 Å². The molecule has 1 saturated heterocycles. The normalized spacial score (nSPS) is 20.3. The van der Waals surface area contributed by atoms with Crippen molar-refractivity contribution < 1.29 is 36.9 Å². The summed E-state index contributed by atoms with van der Waals surface area (Å²) in [6, 6.07) is -3.37. The quantitative estimate of drug-likeness (QED) is 0.152. The van der Waals surface area contributed by atoms with Crippen molar-refractivity contribution in [1.82, 2.24) is 14.6 Å².